The van der Waals surface area contributed by atoms with Gasteiger partial charge >= 0.3 is 11.9 Å². The first kappa shape index (κ1) is 12.7. The fourth-order valence-electron chi connectivity index (χ4n) is 1.84. The first-order chi connectivity index (χ1) is 9.02. The lowest BCUT2D eigenvalue weighted by atomic mass is 9.99. The van der Waals surface area contributed by atoms with Crippen LogP contribution in [0.15, 0.2) is 30.6 Å². The van der Waals surface area contributed by atoms with Gasteiger partial charge in [-0.3, -0.25) is 0 Å². The average molecular weight is 258 g/mol. The van der Waals surface area contributed by atoms with Crippen LogP contribution in [0, 0.1) is 6.92 Å². The normalized spacial score (nSPS) is 10.2. The van der Waals surface area contributed by atoms with Crippen molar-refractivity contribution >= 4 is 11.9 Å². The molecule has 6 heteroatoms. The van der Waals surface area contributed by atoms with E-state index in [-0.39, 0.29) is 11.4 Å². The van der Waals surface area contributed by atoms with Crippen molar-refractivity contribution in [3.63, 3.8) is 0 Å². The van der Waals surface area contributed by atoms with Crippen LogP contribution in [-0.2, 0) is 0 Å². The molecule has 0 saturated carbocycles. The highest BCUT2D eigenvalue weighted by Gasteiger charge is 2.18. The summed E-state index contributed by atoms with van der Waals surface area (Å²) in [6, 6.07) is 4.76. The van der Waals surface area contributed by atoms with E-state index in [2.05, 4.69) is 9.97 Å². The monoisotopic (exact) mass is 258 g/mol. The molecule has 0 spiro atoms. The van der Waals surface area contributed by atoms with Crippen LogP contribution in [0.4, 0.5) is 0 Å². The van der Waals surface area contributed by atoms with Gasteiger partial charge in [-0.25, -0.2) is 19.6 Å². The lowest BCUT2D eigenvalue weighted by Gasteiger charge is -2.09. The van der Waals surface area contributed by atoms with E-state index in [4.69, 9.17) is 10.2 Å². The van der Waals surface area contributed by atoms with Gasteiger partial charge in [0.05, 0.1) is 0 Å². The van der Waals surface area contributed by atoms with Crippen LogP contribution in [0.2, 0.25) is 0 Å². The van der Waals surface area contributed by atoms with Crippen LogP contribution >= 0.6 is 0 Å². The molecule has 0 saturated heterocycles. The zero-order valence-electron chi connectivity index (χ0n) is 9.99. The molecule has 2 heterocycles. The van der Waals surface area contributed by atoms with Crippen LogP contribution < -0.4 is 0 Å². The summed E-state index contributed by atoms with van der Waals surface area (Å²) in [5.74, 6) is -2.32. The Labute approximate surface area is 108 Å². The van der Waals surface area contributed by atoms with Crippen molar-refractivity contribution in [2.75, 3.05) is 0 Å². The van der Waals surface area contributed by atoms with Gasteiger partial charge in [0.15, 0.2) is 11.4 Å². The van der Waals surface area contributed by atoms with Crippen molar-refractivity contribution in [1.82, 2.24) is 9.97 Å². The van der Waals surface area contributed by atoms with Gasteiger partial charge in [0.2, 0.25) is 0 Å². The number of aromatic carboxylic acids is 2. The summed E-state index contributed by atoms with van der Waals surface area (Å²) in [5, 5.41) is 18.1. The van der Waals surface area contributed by atoms with Crippen LogP contribution in [0.3, 0.4) is 0 Å². The molecule has 2 aromatic heterocycles. The van der Waals surface area contributed by atoms with Gasteiger partial charge in [-0.2, -0.15) is 0 Å². The summed E-state index contributed by atoms with van der Waals surface area (Å²) in [7, 11) is 0. The first-order valence-corrected chi connectivity index (χ1v) is 5.40. The van der Waals surface area contributed by atoms with E-state index < -0.39 is 11.9 Å². The Kier molecular flexibility index (Phi) is 3.24. The lowest BCUT2D eigenvalue weighted by molar-refractivity contribution is 0.0680. The number of carboxylic acids is 2. The van der Waals surface area contributed by atoms with Crippen LogP contribution in [-0.4, -0.2) is 32.1 Å². The fourth-order valence-corrected chi connectivity index (χ4v) is 1.84. The van der Waals surface area contributed by atoms with E-state index in [1.807, 2.05) is 0 Å². The molecule has 0 aromatic carbocycles. The standard InChI is InChI=1S/C13H10N2O4/c1-7-8(4-6-15-10(7)12(16)17)9-3-2-5-14-11(9)13(18)19/h2-6H,1H3,(H,16,17)(H,18,19). The third-order valence-electron chi connectivity index (χ3n) is 2.71. The second-order valence-corrected chi connectivity index (χ2v) is 3.84. The molecule has 0 fully saturated rings. The molecular weight excluding hydrogens is 248 g/mol. The van der Waals surface area contributed by atoms with E-state index in [9.17, 15) is 9.59 Å². The van der Waals surface area contributed by atoms with Crippen molar-refractivity contribution in [3.05, 3.63) is 47.5 Å². The number of nitrogens with zero attached hydrogens (tertiary/aromatic N) is 2. The summed E-state index contributed by atoms with van der Waals surface area (Å²) in [4.78, 5) is 29.7. The second kappa shape index (κ2) is 4.85. The Morgan fingerprint density at radius 2 is 1.58 bits per heavy atom. The topological polar surface area (TPSA) is 100 Å². The van der Waals surface area contributed by atoms with E-state index in [1.165, 1.54) is 12.4 Å². The number of carbonyl (C=O) groups is 2. The molecule has 0 aliphatic heterocycles. The number of hydrogen-bond donors (Lipinski definition) is 2. The van der Waals surface area contributed by atoms with Crippen molar-refractivity contribution in [2.24, 2.45) is 0 Å². The Bertz CT molecular complexity index is 667. The fraction of sp³-hybridized carbons (Fsp3) is 0.0769. The van der Waals surface area contributed by atoms with Crippen molar-refractivity contribution in [3.8, 4) is 11.1 Å². The number of hydrogen-bond acceptors (Lipinski definition) is 4. The highest BCUT2D eigenvalue weighted by Crippen LogP contribution is 2.26. The Hall–Kier alpha value is -2.76. The maximum absolute atomic E-state index is 11.1. The van der Waals surface area contributed by atoms with Gasteiger partial charge in [-0.1, -0.05) is 6.07 Å². The number of pyridine rings is 2. The largest absolute Gasteiger partial charge is 0.477 e. The highest BCUT2D eigenvalue weighted by atomic mass is 16.4. The van der Waals surface area contributed by atoms with E-state index in [1.54, 1.807) is 25.1 Å². The minimum atomic E-state index is -1.16. The molecule has 0 aliphatic carbocycles. The Balaban J connectivity index is 2.70. The zero-order valence-corrected chi connectivity index (χ0v) is 9.99. The quantitative estimate of drug-likeness (QED) is 0.871. The Morgan fingerprint density at radius 1 is 0.947 bits per heavy atom. The Morgan fingerprint density at radius 3 is 2.21 bits per heavy atom. The summed E-state index contributed by atoms with van der Waals surface area (Å²) in [5.41, 5.74) is 1.06. The van der Waals surface area contributed by atoms with Gasteiger partial charge < -0.3 is 10.2 Å². The minimum Gasteiger partial charge on any atom is -0.477 e. The van der Waals surface area contributed by atoms with Crippen LogP contribution in [0.5, 0.6) is 0 Å². The smallest absolute Gasteiger partial charge is 0.355 e. The highest BCUT2D eigenvalue weighted by molar-refractivity contribution is 5.96. The van der Waals surface area contributed by atoms with Crippen molar-refractivity contribution < 1.29 is 19.8 Å². The maximum atomic E-state index is 11.1. The average Bonchev–Trinajstić information content (AvgIpc) is 2.38. The molecule has 0 atom stereocenters. The first-order valence-electron chi connectivity index (χ1n) is 5.40. The molecule has 96 valence electrons. The molecular formula is C13H10N2O4. The molecule has 0 amide bonds. The predicted molar refractivity (Wildman–Crippen MR) is 66.1 cm³/mol. The number of aromatic nitrogens is 2. The summed E-state index contributed by atoms with van der Waals surface area (Å²) >= 11 is 0. The van der Waals surface area contributed by atoms with Gasteiger partial charge in [0, 0.05) is 18.0 Å². The van der Waals surface area contributed by atoms with Gasteiger partial charge in [-0.15, -0.1) is 0 Å². The summed E-state index contributed by atoms with van der Waals surface area (Å²) < 4.78 is 0. The van der Waals surface area contributed by atoms with Crippen molar-refractivity contribution in [2.45, 2.75) is 6.92 Å². The van der Waals surface area contributed by atoms with Crippen molar-refractivity contribution in [1.29, 1.82) is 0 Å². The molecule has 0 unspecified atom stereocenters. The SMILES string of the molecule is Cc1c(-c2cccnc2C(=O)O)ccnc1C(=O)O. The summed E-state index contributed by atoms with van der Waals surface area (Å²) in [6.07, 6.45) is 2.71. The molecule has 6 nitrogen and oxygen atoms in total. The number of rotatable bonds is 3. The predicted octanol–water partition coefficient (Wildman–Crippen LogP) is 1.85. The van der Waals surface area contributed by atoms with E-state index in [0.717, 1.165) is 0 Å². The molecule has 0 radical (unpaired) electrons. The zero-order chi connectivity index (χ0) is 14.0. The molecule has 2 rings (SSSR count). The summed E-state index contributed by atoms with van der Waals surface area (Å²) in [6.45, 7) is 1.59. The van der Waals surface area contributed by atoms with Crippen LogP contribution in [0.1, 0.15) is 26.5 Å². The second-order valence-electron chi connectivity index (χ2n) is 3.84. The van der Waals surface area contributed by atoms with Crippen LogP contribution in [0.25, 0.3) is 11.1 Å². The van der Waals surface area contributed by atoms with E-state index in [0.29, 0.717) is 16.7 Å². The maximum Gasteiger partial charge on any atom is 0.355 e. The molecule has 0 bridgehead atoms. The van der Waals surface area contributed by atoms with Gasteiger partial charge in [-0.05, 0) is 30.2 Å². The van der Waals surface area contributed by atoms with E-state index >= 15 is 0 Å². The molecule has 0 aliphatic rings. The number of carboxylic acid groups (broad SMARTS) is 2. The lowest BCUT2D eigenvalue weighted by Crippen LogP contribution is -2.07. The molecule has 19 heavy (non-hydrogen) atoms. The van der Waals surface area contributed by atoms with Gasteiger partial charge in [0.1, 0.15) is 0 Å². The van der Waals surface area contributed by atoms with Gasteiger partial charge in [0.25, 0.3) is 0 Å². The molecule has 2 aromatic rings. The third kappa shape index (κ3) is 2.28. The third-order valence-corrected chi connectivity index (χ3v) is 2.71. The molecule has 2 N–H and O–H groups in total. The minimum absolute atomic E-state index is 0.0994.